The van der Waals surface area contributed by atoms with E-state index in [1.807, 2.05) is 0 Å². The Kier molecular flexibility index (Phi) is 3.58. The summed E-state index contributed by atoms with van der Waals surface area (Å²) in [6.07, 6.45) is 8.34. The predicted octanol–water partition coefficient (Wildman–Crippen LogP) is 4.58. The van der Waals surface area contributed by atoms with Crippen molar-refractivity contribution in [2.75, 3.05) is 0 Å². The van der Waals surface area contributed by atoms with Crippen molar-refractivity contribution in [3.05, 3.63) is 24.3 Å². The zero-order valence-electron chi connectivity index (χ0n) is 10.1. The van der Waals surface area contributed by atoms with Gasteiger partial charge in [0, 0.05) is 0 Å². The summed E-state index contributed by atoms with van der Waals surface area (Å²) < 4.78 is 0. The highest BCUT2D eigenvalue weighted by Crippen LogP contribution is 2.42. The highest BCUT2D eigenvalue weighted by Gasteiger charge is 2.31. The standard InChI is InChI=1S/C14H24/c1-6-11-8-9-13(14(3,4)5)10-12(11)7-2/h6-7,12-13H,2,8-10H2,1,3-5H3/b11-6-/t12-,13+/m1/s1. The van der Waals surface area contributed by atoms with Gasteiger partial charge < -0.3 is 0 Å². The summed E-state index contributed by atoms with van der Waals surface area (Å²) >= 11 is 0. The maximum Gasteiger partial charge on any atom is -0.00232 e. The van der Waals surface area contributed by atoms with Crippen molar-refractivity contribution in [3.63, 3.8) is 0 Å². The van der Waals surface area contributed by atoms with Crippen LogP contribution in [-0.2, 0) is 0 Å². The van der Waals surface area contributed by atoms with Crippen molar-refractivity contribution in [2.24, 2.45) is 17.3 Å². The lowest BCUT2D eigenvalue weighted by Crippen LogP contribution is -2.27. The van der Waals surface area contributed by atoms with Crippen molar-refractivity contribution < 1.29 is 0 Å². The highest BCUT2D eigenvalue weighted by atomic mass is 14.4. The molecule has 0 heterocycles. The summed E-state index contributed by atoms with van der Waals surface area (Å²) in [7, 11) is 0. The second-order valence-electron chi connectivity index (χ2n) is 5.54. The fraction of sp³-hybridized carbons (Fsp3) is 0.714. The van der Waals surface area contributed by atoms with Gasteiger partial charge in [-0.15, -0.1) is 6.58 Å². The summed E-state index contributed by atoms with van der Waals surface area (Å²) in [4.78, 5) is 0. The minimum atomic E-state index is 0.459. The molecule has 0 aliphatic heterocycles. The first-order valence-electron chi connectivity index (χ1n) is 5.76. The average Bonchev–Trinajstić information content (AvgIpc) is 2.15. The second kappa shape index (κ2) is 4.33. The maximum absolute atomic E-state index is 3.96. The van der Waals surface area contributed by atoms with E-state index < -0.39 is 0 Å². The Balaban J connectivity index is 2.71. The van der Waals surface area contributed by atoms with Gasteiger partial charge in [0.1, 0.15) is 0 Å². The van der Waals surface area contributed by atoms with Gasteiger partial charge in [0.2, 0.25) is 0 Å². The number of hydrogen-bond donors (Lipinski definition) is 0. The third kappa shape index (κ3) is 2.50. The molecule has 1 saturated carbocycles. The van der Waals surface area contributed by atoms with Gasteiger partial charge in [-0.25, -0.2) is 0 Å². The van der Waals surface area contributed by atoms with Gasteiger partial charge in [0.25, 0.3) is 0 Å². The van der Waals surface area contributed by atoms with Crippen molar-refractivity contribution in [1.82, 2.24) is 0 Å². The molecule has 0 radical (unpaired) electrons. The van der Waals surface area contributed by atoms with E-state index in [1.54, 1.807) is 5.57 Å². The van der Waals surface area contributed by atoms with Crippen LogP contribution in [0.1, 0.15) is 47.0 Å². The summed E-state index contributed by atoms with van der Waals surface area (Å²) in [6, 6.07) is 0. The van der Waals surface area contributed by atoms with Gasteiger partial charge in [0.05, 0.1) is 0 Å². The lowest BCUT2D eigenvalue weighted by atomic mass is 9.67. The summed E-state index contributed by atoms with van der Waals surface area (Å²) in [6.45, 7) is 13.2. The predicted molar refractivity (Wildman–Crippen MR) is 64.2 cm³/mol. The van der Waals surface area contributed by atoms with Gasteiger partial charge in [-0.05, 0) is 43.4 Å². The van der Waals surface area contributed by atoms with Crippen molar-refractivity contribution in [2.45, 2.75) is 47.0 Å². The van der Waals surface area contributed by atoms with Crippen LogP contribution in [0.3, 0.4) is 0 Å². The molecule has 0 spiro atoms. The molecule has 2 atom stereocenters. The molecule has 1 rings (SSSR count). The molecule has 0 saturated heterocycles. The Labute approximate surface area is 89.1 Å². The van der Waals surface area contributed by atoms with Crippen LogP contribution in [-0.4, -0.2) is 0 Å². The van der Waals surface area contributed by atoms with Crippen LogP contribution in [0.15, 0.2) is 24.3 Å². The van der Waals surface area contributed by atoms with Crippen LogP contribution in [0.2, 0.25) is 0 Å². The molecule has 1 aliphatic carbocycles. The fourth-order valence-corrected chi connectivity index (χ4v) is 2.49. The normalized spacial score (nSPS) is 31.9. The topological polar surface area (TPSA) is 0 Å². The monoisotopic (exact) mass is 192 g/mol. The molecule has 0 N–H and O–H groups in total. The molecule has 0 nitrogen and oxygen atoms in total. The van der Waals surface area contributed by atoms with E-state index in [4.69, 9.17) is 0 Å². The average molecular weight is 192 g/mol. The van der Waals surface area contributed by atoms with Crippen LogP contribution in [0, 0.1) is 17.3 Å². The molecule has 1 fully saturated rings. The molecule has 0 bridgehead atoms. The van der Waals surface area contributed by atoms with Crippen LogP contribution in [0.5, 0.6) is 0 Å². The quantitative estimate of drug-likeness (QED) is 0.533. The lowest BCUT2D eigenvalue weighted by Gasteiger charge is -2.38. The van der Waals surface area contributed by atoms with Crippen molar-refractivity contribution in [3.8, 4) is 0 Å². The van der Waals surface area contributed by atoms with E-state index in [0.717, 1.165) is 5.92 Å². The molecule has 0 amide bonds. The molecule has 0 heteroatoms. The van der Waals surface area contributed by atoms with Gasteiger partial charge in [-0.2, -0.15) is 0 Å². The zero-order valence-corrected chi connectivity index (χ0v) is 10.1. The van der Waals surface area contributed by atoms with Crippen molar-refractivity contribution in [1.29, 1.82) is 0 Å². The van der Waals surface area contributed by atoms with Crippen LogP contribution >= 0.6 is 0 Å². The largest absolute Gasteiger partial charge is 0.102 e. The molecule has 80 valence electrons. The van der Waals surface area contributed by atoms with E-state index in [9.17, 15) is 0 Å². The molecule has 1 aliphatic rings. The highest BCUT2D eigenvalue weighted by molar-refractivity contribution is 5.15. The summed E-state index contributed by atoms with van der Waals surface area (Å²) in [5, 5.41) is 0. The molecule has 0 aromatic rings. The first-order valence-corrected chi connectivity index (χ1v) is 5.76. The Hall–Kier alpha value is -0.520. The Bertz CT molecular complexity index is 227. The van der Waals surface area contributed by atoms with Crippen LogP contribution in [0.4, 0.5) is 0 Å². The molecule has 14 heavy (non-hydrogen) atoms. The minimum Gasteiger partial charge on any atom is -0.102 e. The second-order valence-corrected chi connectivity index (χ2v) is 5.54. The van der Waals surface area contributed by atoms with Crippen molar-refractivity contribution >= 4 is 0 Å². The molecule has 0 aromatic carbocycles. The Morgan fingerprint density at radius 2 is 2.00 bits per heavy atom. The van der Waals surface area contributed by atoms with E-state index in [-0.39, 0.29) is 0 Å². The number of rotatable bonds is 1. The van der Waals surface area contributed by atoms with E-state index in [0.29, 0.717) is 11.3 Å². The molecule has 0 unspecified atom stereocenters. The molecule has 0 aromatic heterocycles. The third-order valence-electron chi connectivity index (χ3n) is 3.68. The smallest absolute Gasteiger partial charge is 0.00232 e. The van der Waals surface area contributed by atoms with E-state index in [1.165, 1.54) is 19.3 Å². The number of allylic oxidation sites excluding steroid dienone is 3. The lowest BCUT2D eigenvalue weighted by molar-refractivity contribution is 0.181. The minimum absolute atomic E-state index is 0.459. The Morgan fingerprint density at radius 1 is 1.36 bits per heavy atom. The SMILES string of the molecule is C=C[C@@H]1C[C@@H](C(C)(C)C)CC/C1=C/C. The fourth-order valence-electron chi connectivity index (χ4n) is 2.49. The molecular formula is C14H24. The summed E-state index contributed by atoms with van der Waals surface area (Å²) in [5.74, 6) is 1.49. The van der Waals surface area contributed by atoms with Crippen LogP contribution in [0.25, 0.3) is 0 Å². The molecular weight excluding hydrogens is 168 g/mol. The van der Waals surface area contributed by atoms with E-state index in [2.05, 4.69) is 46.4 Å². The first kappa shape index (κ1) is 11.6. The van der Waals surface area contributed by atoms with Gasteiger partial charge in [0.15, 0.2) is 0 Å². The van der Waals surface area contributed by atoms with Gasteiger partial charge >= 0.3 is 0 Å². The Morgan fingerprint density at radius 3 is 2.43 bits per heavy atom. The number of hydrogen-bond acceptors (Lipinski definition) is 0. The first-order chi connectivity index (χ1) is 6.49. The van der Waals surface area contributed by atoms with Crippen LogP contribution < -0.4 is 0 Å². The van der Waals surface area contributed by atoms with Gasteiger partial charge in [-0.1, -0.05) is 38.5 Å². The van der Waals surface area contributed by atoms with Gasteiger partial charge in [-0.3, -0.25) is 0 Å². The van der Waals surface area contributed by atoms with E-state index >= 15 is 0 Å². The third-order valence-corrected chi connectivity index (χ3v) is 3.68. The summed E-state index contributed by atoms with van der Waals surface area (Å²) in [5.41, 5.74) is 2.06. The zero-order chi connectivity index (χ0) is 10.8. The maximum atomic E-state index is 3.96.